The highest BCUT2D eigenvalue weighted by Gasteiger charge is 2.37. The second kappa shape index (κ2) is 6.11. The van der Waals surface area contributed by atoms with Crippen LogP contribution in [-0.4, -0.2) is 23.9 Å². The first-order valence-electron chi connectivity index (χ1n) is 7.26. The molecule has 0 aliphatic heterocycles. The highest BCUT2D eigenvalue weighted by atomic mass is 16.6. The third-order valence-electron chi connectivity index (χ3n) is 3.80. The Balaban J connectivity index is 2.10. The maximum Gasteiger partial charge on any atom is 0.293 e. The van der Waals surface area contributed by atoms with E-state index >= 15 is 0 Å². The van der Waals surface area contributed by atoms with Gasteiger partial charge in [-0.3, -0.25) is 14.9 Å². The molecule has 0 bridgehead atoms. The van der Waals surface area contributed by atoms with Crippen molar-refractivity contribution in [3.63, 3.8) is 0 Å². The molecule has 1 amide bonds. The molecule has 0 atom stereocenters. The van der Waals surface area contributed by atoms with Crippen LogP contribution >= 0.6 is 0 Å². The maximum atomic E-state index is 12.1. The van der Waals surface area contributed by atoms with Gasteiger partial charge in [-0.25, -0.2) is 0 Å². The number of anilines is 1. The molecular formula is C15H21N3O3. The van der Waals surface area contributed by atoms with Crippen LogP contribution in [0.15, 0.2) is 18.2 Å². The fraction of sp³-hybridized carbons (Fsp3) is 0.533. The monoisotopic (exact) mass is 291 g/mol. The third-order valence-corrected chi connectivity index (χ3v) is 3.80. The first kappa shape index (κ1) is 15.3. The van der Waals surface area contributed by atoms with Crippen LogP contribution in [0.5, 0.6) is 0 Å². The fourth-order valence-electron chi connectivity index (χ4n) is 2.02. The lowest BCUT2D eigenvalue weighted by atomic mass is 10.1. The van der Waals surface area contributed by atoms with E-state index in [0.29, 0.717) is 24.3 Å². The Kier molecular flexibility index (Phi) is 4.45. The zero-order chi connectivity index (χ0) is 15.5. The summed E-state index contributed by atoms with van der Waals surface area (Å²) in [5.41, 5.74) is 0.929. The van der Waals surface area contributed by atoms with Gasteiger partial charge in [0.05, 0.1) is 4.92 Å². The van der Waals surface area contributed by atoms with Crippen LogP contribution in [0.3, 0.4) is 0 Å². The average Bonchev–Trinajstić information content (AvgIpc) is 3.20. The van der Waals surface area contributed by atoms with Crippen molar-refractivity contribution in [1.29, 1.82) is 0 Å². The van der Waals surface area contributed by atoms with Crippen molar-refractivity contribution in [3.8, 4) is 0 Å². The second-order valence-electron chi connectivity index (χ2n) is 5.91. The molecule has 0 aromatic heterocycles. The summed E-state index contributed by atoms with van der Waals surface area (Å²) in [6, 6.07) is 4.56. The van der Waals surface area contributed by atoms with Gasteiger partial charge < -0.3 is 10.6 Å². The molecular weight excluding hydrogens is 270 g/mol. The molecule has 1 fully saturated rings. The standard InChI is InChI=1S/C15H21N3O3/c1-3-8-16-12-5-4-11(9-13(12)18(20)21)14(19)17-10-15(2)6-7-15/h4-5,9,16H,3,6-8,10H2,1-2H3,(H,17,19). The minimum Gasteiger partial charge on any atom is -0.380 e. The van der Waals surface area contributed by atoms with Gasteiger partial charge in [0.1, 0.15) is 5.69 Å². The summed E-state index contributed by atoms with van der Waals surface area (Å²) in [6.07, 6.45) is 3.11. The Hall–Kier alpha value is -2.11. The van der Waals surface area contributed by atoms with Gasteiger partial charge in [-0.2, -0.15) is 0 Å². The predicted octanol–water partition coefficient (Wildman–Crippen LogP) is 2.95. The number of rotatable bonds is 7. The smallest absolute Gasteiger partial charge is 0.293 e. The molecule has 1 aliphatic rings. The summed E-state index contributed by atoms with van der Waals surface area (Å²) in [7, 11) is 0. The number of nitrogens with one attached hydrogen (secondary N) is 2. The number of carbonyl (C=O) groups excluding carboxylic acids is 1. The van der Waals surface area contributed by atoms with Gasteiger partial charge >= 0.3 is 0 Å². The molecule has 1 aromatic rings. The fourth-order valence-corrected chi connectivity index (χ4v) is 2.02. The molecule has 0 spiro atoms. The van der Waals surface area contributed by atoms with Crippen LogP contribution in [0.2, 0.25) is 0 Å². The predicted molar refractivity (Wildman–Crippen MR) is 81.6 cm³/mol. The van der Waals surface area contributed by atoms with E-state index < -0.39 is 4.92 Å². The topological polar surface area (TPSA) is 84.3 Å². The number of amides is 1. The number of nitro benzene ring substituents is 1. The number of carbonyl (C=O) groups is 1. The van der Waals surface area contributed by atoms with E-state index in [4.69, 9.17) is 0 Å². The zero-order valence-electron chi connectivity index (χ0n) is 12.4. The van der Waals surface area contributed by atoms with E-state index in [1.807, 2.05) is 6.92 Å². The van der Waals surface area contributed by atoms with E-state index in [0.717, 1.165) is 19.3 Å². The van der Waals surface area contributed by atoms with Crippen LogP contribution in [-0.2, 0) is 0 Å². The van der Waals surface area contributed by atoms with Crippen molar-refractivity contribution in [3.05, 3.63) is 33.9 Å². The quantitative estimate of drug-likeness (QED) is 0.597. The molecule has 6 nitrogen and oxygen atoms in total. The van der Waals surface area contributed by atoms with Crippen molar-refractivity contribution in [2.75, 3.05) is 18.4 Å². The Morgan fingerprint density at radius 1 is 1.43 bits per heavy atom. The van der Waals surface area contributed by atoms with E-state index in [9.17, 15) is 14.9 Å². The van der Waals surface area contributed by atoms with Crippen molar-refractivity contribution in [2.24, 2.45) is 5.41 Å². The molecule has 2 rings (SSSR count). The van der Waals surface area contributed by atoms with Crippen molar-refractivity contribution in [2.45, 2.75) is 33.1 Å². The first-order valence-corrected chi connectivity index (χ1v) is 7.26. The van der Waals surface area contributed by atoms with Crippen molar-refractivity contribution < 1.29 is 9.72 Å². The van der Waals surface area contributed by atoms with Crippen LogP contribution < -0.4 is 10.6 Å². The van der Waals surface area contributed by atoms with Crippen molar-refractivity contribution in [1.82, 2.24) is 5.32 Å². The number of hydrogen-bond donors (Lipinski definition) is 2. The van der Waals surface area contributed by atoms with Gasteiger partial charge in [0, 0.05) is 24.7 Å². The minimum atomic E-state index is -0.461. The molecule has 1 aromatic carbocycles. The molecule has 2 N–H and O–H groups in total. The Morgan fingerprint density at radius 3 is 2.71 bits per heavy atom. The van der Waals surface area contributed by atoms with Gasteiger partial charge in [-0.1, -0.05) is 13.8 Å². The summed E-state index contributed by atoms with van der Waals surface area (Å²) in [5, 5.41) is 17.0. The lowest BCUT2D eigenvalue weighted by Gasteiger charge is -2.11. The lowest BCUT2D eigenvalue weighted by Crippen LogP contribution is -2.29. The van der Waals surface area contributed by atoms with Gasteiger partial charge in [-0.15, -0.1) is 0 Å². The van der Waals surface area contributed by atoms with Crippen molar-refractivity contribution >= 4 is 17.3 Å². The molecule has 1 aliphatic carbocycles. The molecule has 21 heavy (non-hydrogen) atoms. The Labute approximate surface area is 124 Å². The van der Waals surface area contributed by atoms with E-state index in [1.54, 1.807) is 12.1 Å². The maximum absolute atomic E-state index is 12.1. The Morgan fingerprint density at radius 2 is 2.14 bits per heavy atom. The molecule has 1 saturated carbocycles. The van der Waals surface area contributed by atoms with Crippen LogP contribution in [0, 0.1) is 15.5 Å². The highest BCUT2D eigenvalue weighted by Crippen LogP contribution is 2.44. The summed E-state index contributed by atoms with van der Waals surface area (Å²) < 4.78 is 0. The average molecular weight is 291 g/mol. The molecule has 0 unspecified atom stereocenters. The summed E-state index contributed by atoms with van der Waals surface area (Å²) in [6.45, 7) is 5.38. The van der Waals surface area contributed by atoms with E-state index in [1.165, 1.54) is 6.07 Å². The number of hydrogen-bond acceptors (Lipinski definition) is 4. The number of nitrogens with zero attached hydrogens (tertiary/aromatic N) is 1. The molecule has 6 heteroatoms. The zero-order valence-corrected chi connectivity index (χ0v) is 12.4. The van der Waals surface area contributed by atoms with Crippen LogP contribution in [0.25, 0.3) is 0 Å². The summed E-state index contributed by atoms with van der Waals surface area (Å²) >= 11 is 0. The van der Waals surface area contributed by atoms with Crippen LogP contribution in [0.4, 0.5) is 11.4 Å². The van der Waals surface area contributed by atoms with E-state index in [-0.39, 0.29) is 17.0 Å². The molecule has 0 saturated heterocycles. The van der Waals surface area contributed by atoms with Gasteiger partial charge in [0.2, 0.25) is 0 Å². The lowest BCUT2D eigenvalue weighted by molar-refractivity contribution is -0.384. The normalized spacial score (nSPS) is 15.3. The van der Waals surface area contributed by atoms with Gasteiger partial charge in [0.25, 0.3) is 11.6 Å². The Bertz CT molecular complexity index is 553. The van der Waals surface area contributed by atoms with Gasteiger partial charge in [-0.05, 0) is 36.8 Å². The first-order chi connectivity index (χ1) is 9.95. The number of benzene rings is 1. The molecule has 114 valence electrons. The highest BCUT2D eigenvalue weighted by molar-refractivity contribution is 5.95. The van der Waals surface area contributed by atoms with Crippen LogP contribution in [0.1, 0.15) is 43.5 Å². The summed E-state index contributed by atoms with van der Waals surface area (Å²) in [4.78, 5) is 22.7. The minimum absolute atomic E-state index is 0.0614. The molecule has 0 heterocycles. The second-order valence-corrected chi connectivity index (χ2v) is 5.91. The number of nitro groups is 1. The largest absolute Gasteiger partial charge is 0.380 e. The summed E-state index contributed by atoms with van der Waals surface area (Å²) in [5.74, 6) is -0.256. The van der Waals surface area contributed by atoms with E-state index in [2.05, 4.69) is 17.6 Å². The SMILES string of the molecule is CCCNc1ccc(C(=O)NCC2(C)CC2)cc1[N+](=O)[O-]. The third kappa shape index (κ3) is 3.93. The molecule has 0 radical (unpaired) electrons. The van der Waals surface area contributed by atoms with Gasteiger partial charge in [0.15, 0.2) is 0 Å².